The van der Waals surface area contributed by atoms with Crippen LogP contribution < -0.4 is 10.6 Å². The van der Waals surface area contributed by atoms with E-state index in [0.717, 1.165) is 30.5 Å². The predicted octanol–water partition coefficient (Wildman–Crippen LogP) is 3.78. The van der Waals surface area contributed by atoms with Gasteiger partial charge in [-0.05, 0) is 25.0 Å². The van der Waals surface area contributed by atoms with Crippen molar-refractivity contribution in [3.05, 3.63) is 59.8 Å². The zero-order chi connectivity index (χ0) is 22.2. The molecule has 0 aliphatic heterocycles. The van der Waals surface area contributed by atoms with Crippen LogP contribution in [0, 0.1) is 11.6 Å². The molecule has 9 heteroatoms. The molecule has 7 nitrogen and oxygen atoms in total. The fourth-order valence-corrected chi connectivity index (χ4v) is 3.61. The van der Waals surface area contributed by atoms with Gasteiger partial charge in [0.2, 0.25) is 0 Å². The van der Waals surface area contributed by atoms with Crippen molar-refractivity contribution in [1.29, 1.82) is 0 Å². The summed E-state index contributed by atoms with van der Waals surface area (Å²) < 4.78 is 34.8. The van der Waals surface area contributed by atoms with Gasteiger partial charge in [0.1, 0.15) is 0 Å². The molecular formula is C23H21F2N5O2. The fraction of sp³-hybridized carbons (Fsp3) is 0.261. The maximum atomic E-state index is 14.1. The molecule has 1 amide bonds. The van der Waals surface area contributed by atoms with Crippen LogP contribution in [0.3, 0.4) is 0 Å². The number of carbonyl (C=O) groups is 1. The monoisotopic (exact) mass is 437 g/mol. The summed E-state index contributed by atoms with van der Waals surface area (Å²) in [7, 11) is 1.59. The average molecular weight is 437 g/mol. The van der Waals surface area contributed by atoms with Crippen LogP contribution in [0.4, 0.5) is 14.6 Å². The Morgan fingerprint density at radius 3 is 2.66 bits per heavy atom. The molecule has 164 valence electrons. The highest BCUT2D eigenvalue weighted by atomic mass is 19.2. The molecule has 1 fully saturated rings. The van der Waals surface area contributed by atoms with Gasteiger partial charge in [-0.3, -0.25) is 9.20 Å². The second-order valence-corrected chi connectivity index (χ2v) is 7.76. The predicted molar refractivity (Wildman–Crippen MR) is 117 cm³/mol. The van der Waals surface area contributed by atoms with Gasteiger partial charge in [-0.2, -0.15) is 0 Å². The highest BCUT2D eigenvalue weighted by Gasteiger charge is 2.24. The summed E-state index contributed by atoms with van der Waals surface area (Å²) in [5.41, 5.74) is 3.17. The minimum Gasteiger partial charge on any atom is -0.383 e. The summed E-state index contributed by atoms with van der Waals surface area (Å²) in [6.07, 6.45) is 3.69. The number of hydrogen-bond donors (Lipinski definition) is 2. The number of fused-ring (bicyclic) bond motifs is 3. The molecule has 2 aromatic carbocycles. The van der Waals surface area contributed by atoms with E-state index in [1.54, 1.807) is 29.8 Å². The van der Waals surface area contributed by atoms with Gasteiger partial charge in [-0.25, -0.2) is 18.7 Å². The van der Waals surface area contributed by atoms with E-state index >= 15 is 0 Å². The van der Waals surface area contributed by atoms with Crippen LogP contribution in [-0.4, -0.2) is 46.6 Å². The van der Waals surface area contributed by atoms with Crippen LogP contribution in [0.5, 0.6) is 0 Å². The molecule has 2 aromatic heterocycles. The molecule has 0 saturated heterocycles. The Kier molecular flexibility index (Phi) is 5.18. The van der Waals surface area contributed by atoms with Crippen molar-refractivity contribution in [3.63, 3.8) is 0 Å². The zero-order valence-corrected chi connectivity index (χ0v) is 17.4. The standard InChI is InChI=1S/C23H21F2N5O2/c1-32-9-8-26-21-22-27-12-20(30(22)19-11-17(25)16(24)10-18(19)29-21)13-2-4-14(5-3-13)23(31)28-15-6-7-15/h2-5,10-12,15H,6-9H2,1H3,(H,26,29)(H,28,31). The molecule has 1 aliphatic carbocycles. The summed E-state index contributed by atoms with van der Waals surface area (Å²) in [6.45, 7) is 0.920. The number of rotatable bonds is 7. The molecule has 1 saturated carbocycles. The van der Waals surface area contributed by atoms with Crippen LogP contribution in [0.2, 0.25) is 0 Å². The van der Waals surface area contributed by atoms with Gasteiger partial charge in [-0.1, -0.05) is 12.1 Å². The number of amides is 1. The molecule has 0 spiro atoms. The van der Waals surface area contributed by atoms with Crippen LogP contribution in [0.15, 0.2) is 42.6 Å². The van der Waals surface area contributed by atoms with Crippen LogP contribution in [0.1, 0.15) is 23.2 Å². The first-order valence-corrected chi connectivity index (χ1v) is 10.4. The number of aromatic nitrogens is 3. The Morgan fingerprint density at radius 1 is 1.19 bits per heavy atom. The lowest BCUT2D eigenvalue weighted by Gasteiger charge is -2.12. The minimum absolute atomic E-state index is 0.103. The van der Waals surface area contributed by atoms with Gasteiger partial charge < -0.3 is 15.4 Å². The average Bonchev–Trinajstić information content (AvgIpc) is 3.49. The van der Waals surface area contributed by atoms with Crippen LogP contribution in [0.25, 0.3) is 27.9 Å². The van der Waals surface area contributed by atoms with Crippen molar-refractivity contribution in [2.45, 2.75) is 18.9 Å². The summed E-state index contributed by atoms with van der Waals surface area (Å²) >= 11 is 0. The molecule has 0 atom stereocenters. The lowest BCUT2D eigenvalue weighted by molar-refractivity contribution is 0.0951. The molecule has 5 rings (SSSR count). The minimum atomic E-state index is -0.972. The third-order valence-corrected chi connectivity index (χ3v) is 5.42. The maximum absolute atomic E-state index is 14.1. The van der Waals surface area contributed by atoms with E-state index < -0.39 is 11.6 Å². The number of benzene rings is 2. The quantitative estimate of drug-likeness (QED) is 0.430. The van der Waals surface area contributed by atoms with Crippen molar-refractivity contribution in [1.82, 2.24) is 19.7 Å². The Morgan fingerprint density at radius 2 is 1.94 bits per heavy atom. The van der Waals surface area contributed by atoms with E-state index in [4.69, 9.17) is 4.74 Å². The first-order valence-electron chi connectivity index (χ1n) is 10.4. The van der Waals surface area contributed by atoms with E-state index in [1.807, 2.05) is 12.1 Å². The van der Waals surface area contributed by atoms with E-state index in [9.17, 15) is 13.6 Å². The molecule has 1 aliphatic rings. The van der Waals surface area contributed by atoms with Crippen molar-refractivity contribution in [2.75, 3.05) is 25.6 Å². The number of halogens is 2. The number of anilines is 1. The lowest BCUT2D eigenvalue weighted by atomic mass is 10.1. The van der Waals surface area contributed by atoms with Crippen molar-refractivity contribution in [2.24, 2.45) is 0 Å². The first kappa shape index (κ1) is 20.3. The van der Waals surface area contributed by atoms with Gasteiger partial charge >= 0.3 is 0 Å². The largest absolute Gasteiger partial charge is 0.383 e. The molecule has 0 radical (unpaired) electrons. The zero-order valence-electron chi connectivity index (χ0n) is 17.4. The summed E-state index contributed by atoms with van der Waals surface area (Å²) in [6, 6.07) is 9.58. The molecule has 2 heterocycles. The lowest BCUT2D eigenvalue weighted by Crippen LogP contribution is -2.25. The second kappa shape index (κ2) is 8.16. The molecule has 32 heavy (non-hydrogen) atoms. The molecular weight excluding hydrogens is 416 g/mol. The summed E-state index contributed by atoms with van der Waals surface area (Å²) in [4.78, 5) is 21.2. The van der Waals surface area contributed by atoms with E-state index in [-0.39, 0.29) is 17.5 Å². The first-order chi connectivity index (χ1) is 15.5. The molecule has 0 unspecified atom stereocenters. The van der Waals surface area contributed by atoms with Gasteiger partial charge in [-0.15, -0.1) is 0 Å². The summed E-state index contributed by atoms with van der Waals surface area (Å²) in [5, 5.41) is 6.10. The number of hydrogen-bond acceptors (Lipinski definition) is 5. The van der Waals surface area contributed by atoms with Crippen LogP contribution in [-0.2, 0) is 4.74 Å². The maximum Gasteiger partial charge on any atom is 0.251 e. The smallest absolute Gasteiger partial charge is 0.251 e. The Labute approximate surface area is 182 Å². The van der Waals surface area contributed by atoms with E-state index in [0.29, 0.717) is 41.4 Å². The third kappa shape index (κ3) is 3.75. The Bertz CT molecular complexity index is 1320. The van der Waals surface area contributed by atoms with Crippen LogP contribution >= 0.6 is 0 Å². The normalized spacial score (nSPS) is 13.6. The van der Waals surface area contributed by atoms with Gasteiger partial charge in [0.05, 0.1) is 29.5 Å². The number of imidazole rings is 1. The number of methoxy groups -OCH3 is 1. The Hall–Kier alpha value is -3.59. The highest BCUT2D eigenvalue weighted by molar-refractivity contribution is 5.95. The molecule has 2 N–H and O–H groups in total. The number of ether oxygens (including phenoxy) is 1. The van der Waals surface area contributed by atoms with Crippen molar-refractivity contribution >= 4 is 28.4 Å². The molecule has 0 bridgehead atoms. The Balaban J connectivity index is 1.61. The van der Waals surface area contributed by atoms with E-state index in [1.165, 1.54) is 0 Å². The topological polar surface area (TPSA) is 80.5 Å². The number of carbonyl (C=O) groups excluding carboxylic acids is 1. The highest BCUT2D eigenvalue weighted by Crippen LogP contribution is 2.30. The van der Waals surface area contributed by atoms with Gasteiger partial charge in [0, 0.05) is 43.0 Å². The van der Waals surface area contributed by atoms with E-state index in [2.05, 4.69) is 20.6 Å². The summed E-state index contributed by atoms with van der Waals surface area (Å²) in [5.74, 6) is -1.60. The number of nitrogens with zero attached hydrogens (tertiary/aromatic N) is 3. The van der Waals surface area contributed by atoms with Crippen molar-refractivity contribution < 1.29 is 18.3 Å². The SMILES string of the molecule is COCCNc1nc2cc(F)c(F)cc2n2c(-c3ccc(C(=O)NC4CC4)cc3)cnc12. The third-order valence-electron chi connectivity index (χ3n) is 5.42. The van der Waals surface area contributed by atoms with Crippen molar-refractivity contribution in [3.8, 4) is 11.3 Å². The second-order valence-electron chi connectivity index (χ2n) is 7.76. The van der Waals surface area contributed by atoms with Gasteiger partial charge in [0.15, 0.2) is 23.1 Å². The number of nitrogens with one attached hydrogen (secondary N) is 2. The molecule has 4 aromatic rings. The fourth-order valence-electron chi connectivity index (χ4n) is 3.61. The van der Waals surface area contributed by atoms with Gasteiger partial charge in [0.25, 0.3) is 5.91 Å².